The van der Waals surface area contributed by atoms with Gasteiger partial charge in [0, 0.05) is 35.5 Å². The van der Waals surface area contributed by atoms with Crippen molar-refractivity contribution in [1.82, 2.24) is 20.9 Å². The second-order valence-electron chi connectivity index (χ2n) is 11.7. The van der Waals surface area contributed by atoms with Crippen LogP contribution in [0.25, 0.3) is 10.9 Å². The molecule has 0 saturated carbocycles. The van der Waals surface area contributed by atoms with Gasteiger partial charge in [-0.15, -0.1) is 0 Å². The first kappa shape index (κ1) is 31.6. The number of hydrogen-bond acceptors (Lipinski definition) is 5. The number of hydrogen-bond donors (Lipinski definition) is 5. The third-order valence-electron chi connectivity index (χ3n) is 8.72. The molecular weight excluding hydrogens is 546 g/mol. The summed E-state index contributed by atoms with van der Waals surface area (Å²) >= 11 is 0. The fourth-order valence-electron chi connectivity index (χ4n) is 5.64. The zero-order valence-electron chi connectivity index (χ0n) is 25.4. The molecule has 1 heterocycles. The molecule has 10 nitrogen and oxygen atoms in total. The number of amides is 4. The fourth-order valence-corrected chi connectivity index (χ4v) is 5.64. The zero-order chi connectivity index (χ0) is 31.1. The Morgan fingerprint density at radius 3 is 2.33 bits per heavy atom. The Bertz CT molecular complexity index is 1450. The van der Waals surface area contributed by atoms with Crippen molar-refractivity contribution in [3.63, 3.8) is 0 Å². The summed E-state index contributed by atoms with van der Waals surface area (Å²) in [6.45, 7) is 7.74. The Hall–Kier alpha value is -4.34. The lowest BCUT2D eigenvalue weighted by molar-refractivity contribution is -0.141. The van der Waals surface area contributed by atoms with E-state index in [2.05, 4.69) is 20.9 Å². The molecule has 1 aliphatic rings. The van der Waals surface area contributed by atoms with E-state index in [1.807, 2.05) is 82.3 Å². The molecule has 10 heteroatoms. The van der Waals surface area contributed by atoms with Crippen LogP contribution in [0.1, 0.15) is 63.8 Å². The van der Waals surface area contributed by atoms with Gasteiger partial charge in [0.25, 0.3) is 5.91 Å². The number of aromatic amines is 1. The number of nitrogens with two attached hydrogens (primary N) is 1. The van der Waals surface area contributed by atoms with Crippen LogP contribution in [0, 0.1) is 11.8 Å². The van der Waals surface area contributed by atoms with Crippen molar-refractivity contribution in [3.8, 4) is 0 Å². The van der Waals surface area contributed by atoms with Crippen LogP contribution in [-0.4, -0.2) is 46.5 Å². The molecule has 1 aromatic heterocycles. The number of rotatable bonds is 12. The molecule has 0 fully saturated rings. The third-order valence-corrected chi connectivity index (χ3v) is 8.72. The number of primary amides is 1. The van der Waals surface area contributed by atoms with Gasteiger partial charge in [-0.3, -0.25) is 14.4 Å². The Balaban J connectivity index is 1.62. The van der Waals surface area contributed by atoms with Crippen molar-refractivity contribution < 1.29 is 23.9 Å². The van der Waals surface area contributed by atoms with Crippen LogP contribution in [0.4, 0.5) is 4.79 Å². The standard InChI is InChI=1S/C33H43N5O5/c1-5-20(3)27(29(34)39)37-31(41)33(17-16-26-24(18-33)23-14-10-11-15-25(23)36-26)38-30(40)28(21(4)6-2)43-32(42)35-19-22-12-8-7-9-13-22/h7-15,20-21,27-28,36H,5-6,16-19H2,1-4H3,(H2,34,39)(H,35,42)(H,37,41)(H,38,40)/t20-,21-,27-,28?,33+/m0/s1. The van der Waals surface area contributed by atoms with E-state index < -0.39 is 41.5 Å². The lowest BCUT2D eigenvalue weighted by Crippen LogP contribution is -2.66. The number of ether oxygens (including phenoxy) is 1. The minimum atomic E-state index is -1.40. The van der Waals surface area contributed by atoms with E-state index in [4.69, 9.17) is 10.5 Å². The summed E-state index contributed by atoms with van der Waals surface area (Å²) in [6, 6.07) is 16.3. The highest BCUT2D eigenvalue weighted by Gasteiger charge is 2.47. The zero-order valence-corrected chi connectivity index (χ0v) is 25.4. The van der Waals surface area contributed by atoms with Gasteiger partial charge in [-0.1, -0.05) is 82.6 Å². The van der Waals surface area contributed by atoms with Gasteiger partial charge >= 0.3 is 6.09 Å². The van der Waals surface area contributed by atoms with Crippen LogP contribution in [0.3, 0.4) is 0 Å². The number of para-hydroxylation sites is 1. The van der Waals surface area contributed by atoms with E-state index in [1.54, 1.807) is 0 Å². The summed E-state index contributed by atoms with van der Waals surface area (Å²) in [6.07, 6.45) is 0.296. The van der Waals surface area contributed by atoms with Crippen molar-refractivity contribution in [2.75, 3.05) is 0 Å². The van der Waals surface area contributed by atoms with E-state index in [-0.39, 0.29) is 31.2 Å². The number of benzene rings is 2. The molecule has 3 aromatic rings. The fraction of sp³-hybridized carbons (Fsp3) is 0.455. The Morgan fingerprint density at radius 2 is 1.65 bits per heavy atom. The van der Waals surface area contributed by atoms with E-state index in [1.165, 1.54) is 0 Å². The second-order valence-corrected chi connectivity index (χ2v) is 11.7. The second kappa shape index (κ2) is 13.8. The van der Waals surface area contributed by atoms with E-state index in [0.717, 1.165) is 27.7 Å². The highest BCUT2D eigenvalue weighted by Crippen LogP contribution is 2.35. The molecule has 0 saturated heterocycles. The van der Waals surface area contributed by atoms with E-state index in [0.29, 0.717) is 19.3 Å². The average Bonchev–Trinajstić information content (AvgIpc) is 3.38. The monoisotopic (exact) mass is 589 g/mol. The maximum atomic E-state index is 14.1. The van der Waals surface area contributed by atoms with Gasteiger partial charge in [-0.05, 0) is 42.4 Å². The molecule has 4 amide bonds. The molecule has 0 bridgehead atoms. The first-order valence-corrected chi connectivity index (χ1v) is 15.1. The number of alkyl carbamates (subject to hydrolysis) is 1. The number of nitrogens with one attached hydrogen (secondary N) is 4. The average molecular weight is 590 g/mol. The number of carbonyl (C=O) groups excluding carboxylic acids is 4. The van der Waals surface area contributed by atoms with Crippen LogP contribution < -0.4 is 21.7 Å². The summed E-state index contributed by atoms with van der Waals surface area (Å²) in [7, 11) is 0. The van der Waals surface area contributed by atoms with Crippen molar-refractivity contribution in [1.29, 1.82) is 0 Å². The molecule has 0 aliphatic heterocycles. The highest BCUT2D eigenvalue weighted by molar-refractivity contribution is 5.97. The molecular formula is C33H43N5O5. The SMILES string of the molecule is CC[C@H](C)C(OC(=O)NCc1ccccc1)C(=O)N[C@]1(C(=O)N[C@H](C(N)=O)[C@@H](C)CC)CCc2[nH]c3ccccc3c2C1. The van der Waals surface area contributed by atoms with Crippen LogP contribution in [0.2, 0.25) is 0 Å². The number of H-pyrrole nitrogens is 1. The van der Waals surface area contributed by atoms with Crippen molar-refractivity contribution in [2.24, 2.45) is 17.6 Å². The van der Waals surface area contributed by atoms with Gasteiger partial charge in [0.2, 0.25) is 11.8 Å². The Labute approximate surface area is 252 Å². The van der Waals surface area contributed by atoms with Gasteiger partial charge in [0.05, 0.1) is 0 Å². The lowest BCUT2D eigenvalue weighted by Gasteiger charge is -2.39. The minimum Gasteiger partial charge on any atom is -0.436 e. The predicted molar refractivity (Wildman–Crippen MR) is 165 cm³/mol. The first-order chi connectivity index (χ1) is 20.6. The number of carbonyl (C=O) groups is 4. The lowest BCUT2D eigenvalue weighted by atomic mass is 9.78. The summed E-state index contributed by atoms with van der Waals surface area (Å²) in [5.41, 5.74) is 8.06. The first-order valence-electron chi connectivity index (χ1n) is 15.1. The summed E-state index contributed by atoms with van der Waals surface area (Å²) < 4.78 is 5.68. The van der Waals surface area contributed by atoms with Crippen molar-refractivity contribution in [3.05, 3.63) is 71.4 Å². The predicted octanol–water partition coefficient (Wildman–Crippen LogP) is 3.87. The Kier molecular flexibility index (Phi) is 10.1. The third kappa shape index (κ3) is 7.18. The van der Waals surface area contributed by atoms with Gasteiger partial charge in [0.15, 0.2) is 6.10 Å². The number of fused-ring (bicyclic) bond motifs is 3. The summed E-state index contributed by atoms with van der Waals surface area (Å²) in [5.74, 6) is -2.22. The number of aromatic nitrogens is 1. The van der Waals surface area contributed by atoms with Gasteiger partial charge in [-0.2, -0.15) is 0 Å². The Morgan fingerprint density at radius 1 is 0.977 bits per heavy atom. The van der Waals surface area contributed by atoms with Crippen molar-refractivity contribution >= 4 is 34.7 Å². The summed E-state index contributed by atoms with van der Waals surface area (Å²) in [4.78, 5) is 56.7. The van der Waals surface area contributed by atoms with E-state index in [9.17, 15) is 19.2 Å². The smallest absolute Gasteiger partial charge is 0.408 e. The molecule has 0 spiro atoms. The molecule has 230 valence electrons. The molecule has 0 radical (unpaired) electrons. The largest absolute Gasteiger partial charge is 0.436 e. The van der Waals surface area contributed by atoms with Gasteiger partial charge in [-0.25, -0.2) is 4.79 Å². The van der Waals surface area contributed by atoms with Gasteiger partial charge < -0.3 is 31.4 Å². The molecule has 4 rings (SSSR count). The molecule has 5 atom stereocenters. The molecule has 6 N–H and O–H groups in total. The quantitative estimate of drug-likeness (QED) is 0.217. The molecule has 43 heavy (non-hydrogen) atoms. The molecule has 1 unspecified atom stereocenters. The highest BCUT2D eigenvalue weighted by atomic mass is 16.6. The van der Waals surface area contributed by atoms with Crippen LogP contribution >= 0.6 is 0 Å². The summed E-state index contributed by atoms with van der Waals surface area (Å²) in [5, 5.41) is 9.53. The van der Waals surface area contributed by atoms with Crippen LogP contribution in [0.5, 0.6) is 0 Å². The maximum Gasteiger partial charge on any atom is 0.408 e. The normalized spacial score (nSPS) is 18.9. The van der Waals surface area contributed by atoms with Crippen LogP contribution in [0.15, 0.2) is 54.6 Å². The van der Waals surface area contributed by atoms with Crippen LogP contribution in [-0.2, 0) is 38.5 Å². The minimum absolute atomic E-state index is 0.198. The van der Waals surface area contributed by atoms with Crippen molar-refractivity contribution in [2.45, 2.75) is 84.0 Å². The molecule has 2 aromatic carbocycles. The topological polar surface area (TPSA) is 155 Å². The molecule has 1 aliphatic carbocycles. The van der Waals surface area contributed by atoms with E-state index >= 15 is 0 Å². The maximum absolute atomic E-state index is 14.1. The number of aryl methyl sites for hydroxylation is 1. The van der Waals surface area contributed by atoms with Gasteiger partial charge in [0.1, 0.15) is 11.6 Å².